The van der Waals surface area contributed by atoms with Crippen LogP contribution >= 0.6 is 11.9 Å². The fourth-order valence-corrected chi connectivity index (χ4v) is 1.32. The highest BCUT2D eigenvalue weighted by atomic mass is 35.5. The fraction of sp³-hybridized carbons (Fsp3) is 0.200. The number of Topliss-reactive ketones (excluding diaryl/α,β-unsaturated/α-hetero) is 1. The van der Waals surface area contributed by atoms with Gasteiger partial charge >= 0.3 is 5.97 Å². The summed E-state index contributed by atoms with van der Waals surface area (Å²) in [5, 5.41) is 0. The van der Waals surface area contributed by atoms with Crippen molar-refractivity contribution in [2.24, 2.45) is 5.73 Å². The molecule has 0 aliphatic heterocycles. The lowest BCUT2D eigenvalue weighted by atomic mass is 10.0. The molecule has 0 amide bonds. The van der Waals surface area contributed by atoms with Crippen molar-refractivity contribution in [1.29, 1.82) is 0 Å². The molecule has 0 spiro atoms. The SMILES string of the molecule is Nc1ccccc1C(=O)CC(N)C(=O)OCl. The molecule has 86 valence electrons. The van der Waals surface area contributed by atoms with Crippen LogP contribution in [0.4, 0.5) is 5.69 Å². The Morgan fingerprint density at radius 3 is 2.56 bits per heavy atom. The molecule has 0 radical (unpaired) electrons. The summed E-state index contributed by atoms with van der Waals surface area (Å²) in [4.78, 5) is 22.6. The quantitative estimate of drug-likeness (QED) is 0.603. The van der Waals surface area contributed by atoms with Gasteiger partial charge in [-0.2, -0.15) is 0 Å². The van der Waals surface area contributed by atoms with Gasteiger partial charge < -0.3 is 15.8 Å². The molecule has 1 atom stereocenters. The van der Waals surface area contributed by atoms with Crippen LogP contribution in [0.5, 0.6) is 0 Å². The summed E-state index contributed by atoms with van der Waals surface area (Å²) in [5.41, 5.74) is 11.7. The first-order valence-electron chi connectivity index (χ1n) is 4.52. The summed E-state index contributed by atoms with van der Waals surface area (Å²) < 4.78 is 3.90. The van der Waals surface area contributed by atoms with E-state index in [0.29, 0.717) is 11.3 Å². The van der Waals surface area contributed by atoms with Crippen molar-refractivity contribution in [3.05, 3.63) is 29.8 Å². The van der Waals surface area contributed by atoms with Crippen LogP contribution in [0.1, 0.15) is 16.8 Å². The van der Waals surface area contributed by atoms with Crippen LogP contribution in [0.2, 0.25) is 0 Å². The third-order valence-electron chi connectivity index (χ3n) is 2.05. The zero-order valence-electron chi connectivity index (χ0n) is 8.35. The van der Waals surface area contributed by atoms with Gasteiger partial charge in [0, 0.05) is 17.7 Å². The van der Waals surface area contributed by atoms with Crippen molar-refractivity contribution in [2.45, 2.75) is 12.5 Å². The van der Waals surface area contributed by atoms with E-state index >= 15 is 0 Å². The van der Waals surface area contributed by atoms with Gasteiger partial charge in [0.2, 0.25) is 0 Å². The fourth-order valence-electron chi connectivity index (χ4n) is 1.20. The Balaban J connectivity index is 2.73. The van der Waals surface area contributed by atoms with Crippen LogP contribution in [0.3, 0.4) is 0 Å². The van der Waals surface area contributed by atoms with Gasteiger partial charge in [-0.25, -0.2) is 4.79 Å². The number of carbonyl (C=O) groups is 2. The van der Waals surface area contributed by atoms with E-state index in [1.165, 1.54) is 0 Å². The average Bonchev–Trinajstić information content (AvgIpc) is 2.28. The summed E-state index contributed by atoms with van der Waals surface area (Å²) in [5.74, 6) is -1.17. The molecule has 0 bridgehead atoms. The highest BCUT2D eigenvalue weighted by Crippen LogP contribution is 2.13. The minimum Gasteiger partial charge on any atom is -0.398 e. The summed E-state index contributed by atoms with van der Waals surface area (Å²) in [6.45, 7) is 0. The molecular weight excluding hydrogens is 232 g/mol. The third kappa shape index (κ3) is 2.95. The first-order valence-corrected chi connectivity index (χ1v) is 4.83. The average molecular weight is 243 g/mol. The van der Waals surface area contributed by atoms with Gasteiger partial charge in [-0.05, 0) is 12.1 Å². The predicted molar refractivity (Wildman–Crippen MR) is 59.7 cm³/mol. The molecule has 0 aliphatic rings. The van der Waals surface area contributed by atoms with Crippen LogP contribution in [0.15, 0.2) is 24.3 Å². The van der Waals surface area contributed by atoms with Gasteiger partial charge in [0.05, 0.1) is 0 Å². The Morgan fingerprint density at radius 1 is 1.38 bits per heavy atom. The monoisotopic (exact) mass is 242 g/mol. The topological polar surface area (TPSA) is 95.4 Å². The molecule has 6 heteroatoms. The van der Waals surface area contributed by atoms with Crippen molar-refractivity contribution in [3.8, 4) is 0 Å². The van der Waals surface area contributed by atoms with Crippen molar-refractivity contribution in [3.63, 3.8) is 0 Å². The second-order valence-electron chi connectivity index (χ2n) is 3.22. The zero-order chi connectivity index (χ0) is 12.1. The molecule has 5 nitrogen and oxygen atoms in total. The maximum absolute atomic E-state index is 11.7. The van der Waals surface area contributed by atoms with Gasteiger partial charge in [-0.15, -0.1) is 0 Å². The number of hydrogen-bond donors (Lipinski definition) is 2. The predicted octanol–water partition coefficient (Wildman–Crippen LogP) is 0.866. The summed E-state index contributed by atoms with van der Waals surface area (Å²) >= 11 is 4.84. The molecule has 0 aromatic heterocycles. The number of rotatable bonds is 4. The van der Waals surface area contributed by atoms with E-state index in [9.17, 15) is 9.59 Å². The molecule has 4 N–H and O–H groups in total. The number of nitrogens with two attached hydrogens (primary N) is 2. The van der Waals surface area contributed by atoms with Crippen molar-refractivity contribution in [2.75, 3.05) is 5.73 Å². The van der Waals surface area contributed by atoms with Gasteiger partial charge in [0.1, 0.15) is 17.9 Å². The van der Waals surface area contributed by atoms with Crippen molar-refractivity contribution in [1.82, 2.24) is 0 Å². The Labute approximate surface area is 97.5 Å². The second-order valence-corrected chi connectivity index (χ2v) is 3.37. The lowest BCUT2D eigenvalue weighted by Gasteiger charge is -2.08. The van der Waals surface area contributed by atoms with Crippen LogP contribution < -0.4 is 11.5 Å². The number of halogens is 1. The van der Waals surface area contributed by atoms with Crippen molar-refractivity contribution >= 4 is 29.3 Å². The van der Waals surface area contributed by atoms with Crippen LogP contribution in [0.25, 0.3) is 0 Å². The molecule has 0 fully saturated rings. The van der Waals surface area contributed by atoms with Crippen LogP contribution in [-0.2, 0) is 9.08 Å². The number of nitrogen functional groups attached to an aromatic ring is 1. The van der Waals surface area contributed by atoms with E-state index in [4.69, 9.17) is 23.3 Å². The molecule has 1 aromatic carbocycles. The number of anilines is 1. The van der Waals surface area contributed by atoms with Crippen LogP contribution in [0, 0.1) is 0 Å². The lowest BCUT2D eigenvalue weighted by molar-refractivity contribution is -0.135. The zero-order valence-corrected chi connectivity index (χ0v) is 9.11. The van der Waals surface area contributed by atoms with Gasteiger partial charge in [-0.1, -0.05) is 12.1 Å². The Morgan fingerprint density at radius 2 is 2.00 bits per heavy atom. The van der Waals surface area contributed by atoms with Gasteiger partial charge in [-0.3, -0.25) is 4.79 Å². The number of para-hydroxylation sites is 1. The molecule has 0 saturated carbocycles. The molecule has 0 heterocycles. The van der Waals surface area contributed by atoms with E-state index < -0.39 is 12.0 Å². The second kappa shape index (κ2) is 5.48. The summed E-state index contributed by atoms with van der Waals surface area (Å²) in [6.07, 6.45) is -0.195. The Hall–Kier alpha value is -1.59. The molecule has 1 aromatic rings. The first-order chi connectivity index (χ1) is 7.56. The largest absolute Gasteiger partial charge is 0.398 e. The normalized spacial score (nSPS) is 11.9. The minimum atomic E-state index is -1.08. The summed E-state index contributed by atoms with van der Waals surface area (Å²) in [7, 11) is 0. The highest BCUT2D eigenvalue weighted by Gasteiger charge is 2.20. The number of benzene rings is 1. The van der Waals surface area contributed by atoms with Gasteiger partial charge in [0.25, 0.3) is 0 Å². The maximum Gasteiger partial charge on any atom is 0.341 e. The number of ketones is 1. The van der Waals surface area contributed by atoms with E-state index in [-0.39, 0.29) is 12.2 Å². The first kappa shape index (κ1) is 12.5. The van der Waals surface area contributed by atoms with E-state index in [2.05, 4.69) is 4.29 Å². The highest BCUT2D eigenvalue weighted by molar-refractivity contribution is 6.14. The molecule has 1 unspecified atom stereocenters. The smallest absolute Gasteiger partial charge is 0.341 e. The van der Waals surface area contributed by atoms with Gasteiger partial charge in [0.15, 0.2) is 5.78 Å². The molecular formula is C10H11ClN2O3. The molecule has 1 rings (SSSR count). The lowest BCUT2D eigenvalue weighted by Crippen LogP contribution is -2.33. The number of hydrogen-bond acceptors (Lipinski definition) is 5. The molecule has 0 saturated heterocycles. The Kier molecular flexibility index (Phi) is 4.28. The van der Waals surface area contributed by atoms with E-state index in [1.54, 1.807) is 24.3 Å². The third-order valence-corrected chi connectivity index (χ3v) is 2.20. The van der Waals surface area contributed by atoms with E-state index in [0.717, 1.165) is 0 Å². The number of carbonyl (C=O) groups excluding carboxylic acids is 2. The molecule has 16 heavy (non-hydrogen) atoms. The maximum atomic E-state index is 11.7. The standard InChI is InChI=1S/C10H11ClN2O3/c11-16-10(15)8(13)5-9(14)6-3-1-2-4-7(6)12/h1-4,8H,5,12-13H2. The van der Waals surface area contributed by atoms with E-state index in [1.807, 2.05) is 0 Å². The van der Waals surface area contributed by atoms with Crippen molar-refractivity contribution < 1.29 is 13.9 Å². The summed E-state index contributed by atoms with van der Waals surface area (Å²) in [6, 6.07) is 5.47. The Bertz CT molecular complexity index is 409. The van der Waals surface area contributed by atoms with Crippen LogP contribution in [-0.4, -0.2) is 17.8 Å². The molecule has 0 aliphatic carbocycles. The minimum absolute atomic E-state index is 0.195.